The summed E-state index contributed by atoms with van der Waals surface area (Å²) in [7, 11) is 0. The summed E-state index contributed by atoms with van der Waals surface area (Å²) < 4.78 is 0. The molecule has 0 aliphatic heterocycles. The Labute approximate surface area is 71.2 Å². The molecule has 3 N–H and O–H groups in total. The highest BCUT2D eigenvalue weighted by Crippen LogP contribution is 2.00. The zero-order chi connectivity index (χ0) is 8.81. The first-order chi connectivity index (χ1) is 5.83. The molecule has 1 aromatic rings. The maximum atomic E-state index is 5.43. The van der Waals surface area contributed by atoms with Crippen LogP contribution in [0, 0.1) is 12.3 Å². The molecule has 12 heavy (non-hydrogen) atoms. The summed E-state index contributed by atoms with van der Waals surface area (Å²) in [5, 5.41) is 2.94. The van der Waals surface area contributed by atoms with Gasteiger partial charge < -0.3 is 11.1 Å². The normalized spacial score (nSPS) is 8.92. The molecule has 62 valence electrons. The van der Waals surface area contributed by atoms with Crippen molar-refractivity contribution in [3.63, 3.8) is 0 Å². The van der Waals surface area contributed by atoms with Crippen LogP contribution in [0.2, 0.25) is 0 Å². The molecule has 0 saturated carbocycles. The molecular formula is C8H10N4. The molecule has 0 aliphatic rings. The Morgan fingerprint density at radius 2 is 2.50 bits per heavy atom. The average molecular weight is 162 g/mol. The Morgan fingerprint density at radius 3 is 3.17 bits per heavy atom. The first kappa shape index (κ1) is 8.34. The van der Waals surface area contributed by atoms with Crippen LogP contribution in [-0.4, -0.2) is 16.5 Å². The lowest BCUT2D eigenvalue weighted by Crippen LogP contribution is -2.05. The molecule has 0 fully saturated rings. The van der Waals surface area contributed by atoms with Crippen molar-refractivity contribution in [2.24, 2.45) is 0 Å². The molecule has 0 atom stereocenters. The van der Waals surface area contributed by atoms with Gasteiger partial charge in [0, 0.05) is 19.2 Å². The van der Waals surface area contributed by atoms with E-state index < -0.39 is 0 Å². The highest BCUT2D eigenvalue weighted by molar-refractivity contribution is 5.34. The second-order valence-electron chi connectivity index (χ2n) is 2.19. The average Bonchev–Trinajstić information content (AvgIpc) is 2.05. The third-order valence-electron chi connectivity index (χ3n) is 1.23. The molecule has 0 radical (unpaired) electrons. The molecule has 1 rings (SSSR count). The van der Waals surface area contributed by atoms with Gasteiger partial charge in [-0.05, 0) is 6.07 Å². The highest BCUT2D eigenvalue weighted by Gasteiger charge is 1.92. The number of terminal acetylenes is 1. The van der Waals surface area contributed by atoms with Crippen LogP contribution < -0.4 is 11.1 Å². The smallest absolute Gasteiger partial charge is 0.224 e. The van der Waals surface area contributed by atoms with Gasteiger partial charge in [-0.3, -0.25) is 0 Å². The van der Waals surface area contributed by atoms with Gasteiger partial charge in [-0.25, -0.2) is 4.98 Å². The van der Waals surface area contributed by atoms with Crippen molar-refractivity contribution < 1.29 is 0 Å². The number of nitrogens with zero attached hydrogens (tertiary/aromatic N) is 2. The fourth-order valence-electron chi connectivity index (χ4n) is 0.704. The number of hydrogen-bond acceptors (Lipinski definition) is 4. The van der Waals surface area contributed by atoms with Crippen LogP contribution in [-0.2, 0) is 0 Å². The van der Waals surface area contributed by atoms with Crippen molar-refractivity contribution in [3.05, 3.63) is 12.3 Å². The van der Waals surface area contributed by atoms with Gasteiger partial charge in [0.05, 0.1) is 0 Å². The molecule has 0 aromatic carbocycles. The summed E-state index contributed by atoms with van der Waals surface area (Å²) in [6.45, 7) is 0.667. The van der Waals surface area contributed by atoms with Crippen LogP contribution in [0.5, 0.6) is 0 Å². The van der Waals surface area contributed by atoms with E-state index in [2.05, 4.69) is 21.2 Å². The number of aromatic nitrogens is 2. The Bertz CT molecular complexity index is 289. The maximum Gasteiger partial charge on any atom is 0.224 e. The van der Waals surface area contributed by atoms with Crippen molar-refractivity contribution in [2.45, 2.75) is 6.42 Å². The Balaban J connectivity index is 2.48. The molecule has 4 heteroatoms. The number of hydrogen-bond donors (Lipinski definition) is 2. The van der Waals surface area contributed by atoms with Crippen molar-refractivity contribution in [1.82, 2.24) is 9.97 Å². The monoisotopic (exact) mass is 162 g/mol. The van der Waals surface area contributed by atoms with E-state index >= 15 is 0 Å². The van der Waals surface area contributed by atoms with E-state index in [0.29, 0.717) is 24.7 Å². The van der Waals surface area contributed by atoms with Crippen LogP contribution in [0.3, 0.4) is 0 Å². The van der Waals surface area contributed by atoms with E-state index in [1.807, 2.05) is 0 Å². The minimum atomic E-state index is 0.452. The van der Waals surface area contributed by atoms with E-state index in [0.717, 1.165) is 0 Å². The summed E-state index contributed by atoms with van der Waals surface area (Å²) in [6.07, 6.45) is 7.32. The molecular weight excluding hydrogens is 152 g/mol. The van der Waals surface area contributed by atoms with Gasteiger partial charge in [-0.1, -0.05) is 0 Å². The first-order valence-electron chi connectivity index (χ1n) is 3.59. The van der Waals surface area contributed by atoms with Crippen LogP contribution in [0.25, 0.3) is 0 Å². The van der Waals surface area contributed by atoms with Crippen LogP contribution >= 0.6 is 0 Å². The van der Waals surface area contributed by atoms with Gasteiger partial charge >= 0.3 is 0 Å². The minimum Gasteiger partial charge on any atom is -0.384 e. The Kier molecular flexibility index (Phi) is 2.91. The maximum absolute atomic E-state index is 5.43. The van der Waals surface area contributed by atoms with Crippen LogP contribution in [0.1, 0.15) is 6.42 Å². The van der Waals surface area contributed by atoms with Crippen molar-refractivity contribution in [1.29, 1.82) is 0 Å². The summed E-state index contributed by atoms with van der Waals surface area (Å²) in [4.78, 5) is 7.87. The van der Waals surface area contributed by atoms with E-state index in [1.54, 1.807) is 12.3 Å². The number of anilines is 2. The Hall–Kier alpha value is -1.76. The van der Waals surface area contributed by atoms with Gasteiger partial charge in [0.25, 0.3) is 0 Å². The fraction of sp³-hybridized carbons (Fsp3) is 0.250. The predicted molar refractivity (Wildman–Crippen MR) is 48.4 cm³/mol. The molecule has 0 spiro atoms. The third kappa shape index (κ3) is 2.46. The molecule has 0 bridgehead atoms. The predicted octanol–water partition coefficient (Wildman–Crippen LogP) is 0.494. The molecule has 0 aliphatic carbocycles. The number of nitrogens with one attached hydrogen (secondary N) is 1. The lowest BCUT2D eigenvalue weighted by atomic mass is 10.4. The quantitative estimate of drug-likeness (QED) is 0.501. The third-order valence-corrected chi connectivity index (χ3v) is 1.23. The van der Waals surface area contributed by atoms with Gasteiger partial charge in [0.1, 0.15) is 5.82 Å². The SMILES string of the molecule is C#CCCNc1nccc(N)n1. The molecule has 0 saturated heterocycles. The second-order valence-corrected chi connectivity index (χ2v) is 2.19. The zero-order valence-electron chi connectivity index (χ0n) is 6.62. The number of nitrogens with two attached hydrogens (primary N) is 1. The minimum absolute atomic E-state index is 0.452. The molecule has 0 unspecified atom stereocenters. The summed E-state index contributed by atoms with van der Waals surface area (Å²) in [5.74, 6) is 3.47. The van der Waals surface area contributed by atoms with Gasteiger partial charge in [0.15, 0.2) is 0 Å². The Morgan fingerprint density at radius 1 is 1.67 bits per heavy atom. The highest BCUT2D eigenvalue weighted by atomic mass is 15.1. The van der Waals surface area contributed by atoms with E-state index in [4.69, 9.17) is 12.2 Å². The first-order valence-corrected chi connectivity index (χ1v) is 3.59. The summed E-state index contributed by atoms with van der Waals surface area (Å²) in [5.41, 5.74) is 5.43. The fourth-order valence-corrected chi connectivity index (χ4v) is 0.704. The molecule has 1 aromatic heterocycles. The van der Waals surface area contributed by atoms with Gasteiger partial charge in [-0.15, -0.1) is 12.3 Å². The molecule has 0 amide bonds. The number of rotatable bonds is 3. The van der Waals surface area contributed by atoms with Crippen molar-refractivity contribution in [2.75, 3.05) is 17.6 Å². The van der Waals surface area contributed by atoms with E-state index in [9.17, 15) is 0 Å². The lowest BCUT2D eigenvalue weighted by Gasteiger charge is -2.01. The lowest BCUT2D eigenvalue weighted by molar-refractivity contribution is 1.04. The van der Waals surface area contributed by atoms with Crippen molar-refractivity contribution >= 4 is 11.8 Å². The van der Waals surface area contributed by atoms with Crippen molar-refractivity contribution in [3.8, 4) is 12.3 Å². The van der Waals surface area contributed by atoms with Gasteiger partial charge in [0.2, 0.25) is 5.95 Å². The topological polar surface area (TPSA) is 63.8 Å². The zero-order valence-corrected chi connectivity index (χ0v) is 6.62. The standard InChI is InChI=1S/C8H10N4/c1-2-3-5-10-8-11-6-4-7(9)12-8/h1,4,6H,3,5H2,(H3,9,10,11,12). The van der Waals surface area contributed by atoms with Crippen LogP contribution in [0.4, 0.5) is 11.8 Å². The molecule has 4 nitrogen and oxygen atoms in total. The van der Waals surface area contributed by atoms with Gasteiger partial charge in [-0.2, -0.15) is 4.98 Å². The number of nitrogen functional groups attached to an aromatic ring is 1. The molecule has 1 heterocycles. The second kappa shape index (κ2) is 4.19. The largest absolute Gasteiger partial charge is 0.384 e. The van der Waals surface area contributed by atoms with E-state index in [-0.39, 0.29) is 0 Å². The summed E-state index contributed by atoms with van der Waals surface area (Å²) >= 11 is 0. The van der Waals surface area contributed by atoms with Crippen LogP contribution in [0.15, 0.2) is 12.3 Å². The van der Waals surface area contributed by atoms with E-state index in [1.165, 1.54) is 0 Å². The summed E-state index contributed by atoms with van der Waals surface area (Å²) in [6, 6.07) is 1.63.